The van der Waals surface area contributed by atoms with Crippen LogP contribution in [0.25, 0.3) is 0 Å². The van der Waals surface area contributed by atoms with Gasteiger partial charge in [0, 0.05) is 6.07 Å². The van der Waals surface area contributed by atoms with Gasteiger partial charge in [0.05, 0.1) is 11.8 Å². The molecule has 4 heteroatoms. The van der Waals surface area contributed by atoms with Crippen LogP contribution in [0.15, 0.2) is 24.3 Å². The van der Waals surface area contributed by atoms with Crippen LogP contribution in [0, 0.1) is 11.8 Å². The number of hydrogen-bond donors (Lipinski definition) is 0. The van der Waals surface area contributed by atoms with Crippen molar-refractivity contribution < 1.29 is 19.1 Å². The lowest BCUT2D eigenvalue weighted by molar-refractivity contribution is -0.139. The number of carbonyl (C=O) groups excluding carboxylic acids is 2. The summed E-state index contributed by atoms with van der Waals surface area (Å²) in [4.78, 5) is 24.3. The van der Waals surface area contributed by atoms with E-state index in [0.717, 1.165) is 51.4 Å². The molecule has 0 spiro atoms. The largest absolute Gasteiger partial charge is 0.426 e. The van der Waals surface area contributed by atoms with Crippen molar-refractivity contribution in [2.45, 2.75) is 79.1 Å². The van der Waals surface area contributed by atoms with Gasteiger partial charge >= 0.3 is 11.9 Å². The number of carbonyl (C=O) groups is 2. The Bertz CT molecular complexity index is 508. The van der Waals surface area contributed by atoms with Crippen molar-refractivity contribution in [3.63, 3.8) is 0 Å². The fourth-order valence-electron chi connectivity index (χ4n) is 2.67. The Balaban J connectivity index is 2.53. The first-order chi connectivity index (χ1) is 12.5. The highest BCUT2D eigenvalue weighted by Crippen LogP contribution is 2.23. The normalized spacial score (nSPS) is 13.1. The van der Waals surface area contributed by atoms with Crippen LogP contribution in [-0.4, -0.2) is 11.9 Å². The van der Waals surface area contributed by atoms with Crippen LogP contribution in [0.4, 0.5) is 0 Å². The minimum absolute atomic E-state index is 0.133. The highest BCUT2D eigenvalue weighted by atomic mass is 16.5. The molecule has 0 saturated heterocycles. The number of rotatable bonds is 12. The molecule has 0 aliphatic rings. The predicted octanol–water partition coefficient (Wildman–Crippen LogP) is 5.93. The average molecular weight is 363 g/mol. The van der Waals surface area contributed by atoms with Crippen molar-refractivity contribution in [3.05, 3.63) is 24.3 Å². The van der Waals surface area contributed by atoms with E-state index in [1.807, 2.05) is 13.8 Å². The van der Waals surface area contributed by atoms with Crippen LogP contribution < -0.4 is 9.47 Å². The summed E-state index contributed by atoms with van der Waals surface area (Å²) in [5.74, 6) is 0.0928. The minimum atomic E-state index is -0.238. The van der Waals surface area contributed by atoms with E-state index in [1.165, 1.54) is 0 Å². The van der Waals surface area contributed by atoms with Crippen molar-refractivity contribution in [1.29, 1.82) is 0 Å². The molecule has 0 amide bonds. The number of hydrogen-bond acceptors (Lipinski definition) is 4. The second kappa shape index (κ2) is 12.5. The zero-order valence-electron chi connectivity index (χ0n) is 16.8. The Labute approximate surface area is 158 Å². The zero-order valence-corrected chi connectivity index (χ0v) is 16.8. The molecule has 1 aromatic rings. The van der Waals surface area contributed by atoms with Gasteiger partial charge in [-0.2, -0.15) is 0 Å². The summed E-state index contributed by atoms with van der Waals surface area (Å²) < 4.78 is 10.9. The van der Waals surface area contributed by atoms with Gasteiger partial charge in [-0.1, -0.05) is 72.3 Å². The summed E-state index contributed by atoms with van der Waals surface area (Å²) in [6.45, 7) is 8.06. The number of unbranched alkanes of at least 4 members (excludes halogenated alkanes) is 4. The molecular formula is C22H34O4. The molecule has 0 saturated carbocycles. The third-order valence-electron chi connectivity index (χ3n) is 4.53. The summed E-state index contributed by atoms with van der Waals surface area (Å²) in [5.41, 5.74) is 0. The average Bonchev–Trinajstić information content (AvgIpc) is 2.62. The summed E-state index contributed by atoms with van der Waals surface area (Å²) in [7, 11) is 0. The van der Waals surface area contributed by atoms with E-state index in [1.54, 1.807) is 24.3 Å². The molecule has 146 valence electrons. The molecule has 0 aromatic heterocycles. The lowest BCUT2D eigenvalue weighted by Gasteiger charge is -2.13. The predicted molar refractivity (Wildman–Crippen MR) is 104 cm³/mol. The van der Waals surface area contributed by atoms with Gasteiger partial charge < -0.3 is 9.47 Å². The highest BCUT2D eigenvalue weighted by molar-refractivity contribution is 5.76. The van der Waals surface area contributed by atoms with Crippen molar-refractivity contribution >= 4 is 11.9 Å². The Morgan fingerprint density at radius 1 is 0.808 bits per heavy atom. The van der Waals surface area contributed by atoms with Gasteiger partial charge in [0.25, 0.3) is 0 Å². The fourth-order valence-corrected chi connectivity index (χ4v) is 2.67. The molecule has 1 rings (SSSR count). The van der Waals surface area contributed by atoms with Crippen molar-refractivity contribution in [2.75, 3.05) is 0 Å². The summed E-state index contributed by atoms with van der Waals surface area (Å²) in [6.07, 6.45) is 8.23. The van der Waals surface area contributed by atoms with Gasteiger partial charge in [0.1, 0.15) is 11.5 Å². The van der Waals surface area contributed by atoms with Gasteiger partial charge in [-0.25, -0.2) is 0 Å². The van der Waals surface area contributed by atoms with Crippen LogP contribution in [-0.2, 0) is 9.59 Å². The number of benzene rings is 1. The lowest BCUT2D eigenvalue weighted by Crippen LogP contribution is -2.19. The lowest BCUT2D eigenvalue weighted by atomic mass is 10.0. The van der Waals surface area contributed by atoms with Crippen molar-refractivity contribution in [3.8, 4) is 11.5 Å². The molecule has 4 nitrogen and oxygen atoms in total. The monoisotopic (exact) mass is 362 g/mol. The summed E-state index contributed by atoms with van der Waals surface area (Å²) in [6, 6.07) is 6.75. The Kier molecular flexibility index (Phi) is 10.7. The number of ether oxygens (including phenoxy) is 2. The first-order valence-corrected chi connectivity index (χ1v) is 10.0. The quantitative estimate of drug-likeness (QED) is 0.263. The van der Waals surface area contributed by atoms with Crippen LogP contribution in [0.2, 0.25) is 0 Å². The number of esters is 2. The SMILES string of the molecule is CCCCCC(C)C(=O)Oc1cccc(OC(=O)C(C)CCCCC)c1. The fraction of sp³-hybridized carbons (Fsp3) is 0.636. The topological polar surface area (TPSA) is 52.6 Å². The van der Waals surface area contributed by atoms with E-state index in [2.05, 4.69) is 13.8 Å². The van der Waals surface area contributed by atoms with Crippen molar-refractivity contribution in [2.24, 2.45) is 11.8 Å². The molecule has 2 unspecified atom stereocenters. The standard InChI is InChI=1S/C22H34O4/c1-5-7-9-12-17(3)21(23)25-19-14-11-15-20(16-19)26-22(24)18(4)13-10-8-6-2/h11,14-18H,5-10,12-13H2,1-4H3. The molecule has 2 atom stereocenters. The van der Waals surface area contributed by atoms with Gasteiger partial charge in [0.2, 0.25) is 0 Å². The molecule has 0 radical (unpaired) electrons. The molecule has 0 fully saturated rings. The van der Waals surface area contributed by atoms with Crippen LogP contribution in [0.1, 0.15) is 79.1 Å². The van der Waals surface area contributed by atoms with Gasteiger partial charge in [0.15, 0.2) is 0 Å². The van der Waals surface area contributed by atoms with Crippen LogP contribution in [0.3, 0.4) is 0 Å². The Hall–Kier alpha value is -1.84. The molecule has 0 aliphatic carbocycles. The maximum absolute atomic E-state index is 12.2. The Morgan fingerprint density at radius 2 is 1.23 bits per heavy atom. The van der Waals surface area contributed by atoms with Gasteiger partial charge in [-0.05, 0) is 25.0 Å². The molecule has 1 aromatic carbocycles. The van der Waals surface area contributed by atoms with Gasteiger partial charge in [-0.3, -0.25) is 9.59 Å². The van der Waals surface area contributed by atoms with Crippen molar-refractivity contribution in [1.82, 2.24) is 0 Å². The summed E-state index contributed by atoms with van der Waals surface area (Å²) >= 11 is 0. The third kappa shape index (κ3) is 8.50. The van der Waals surface area contributed by atoms with E-state index in [4.69, 9.17) is 9.47 Å². The highest BCUT2D eigenvalue weighted by Gasteiger charge is 2.17. The molecule has 0 aliphatic heterocycles. The second-order valence-electron chi connectivity index (χ2n) is 7.11. The molecular weight excluding hydrogens is 328 g/mol. The first kappa shape index (κ1) is 22.2. The van der Waals surface area contributed by atoms with E-state index in [0.29, 0.717) is 11.5 Å². The third-order valence-corrected chi connectivity index (χ3v) is 4.53. The molecule has 0 N–H and O–H groups in total. The minimum Gasteiger partial charge on any atom is -0.426 e. The zero-order chi connectivity index (χ0) is 19.4. The van der Waals surface area contributed by atoms with Crippen LogP contribution in [0.5, 0.6) is 11.5 Å². The van der Waals surface area contributed by atoms with E-state index in [9.17, 15) is 9.59 Å². The Morgan fingerprint density at radius 3 is 1.62 bits per heavy atom. The van der Waals surface area contributed by atoms with E-state index in [-0.39, 0.29) is 23.8 Å². The van der Waals surface area contributed by atoms with Crippen LogP contribution >= 0.6 is 0 Å². The second-order valence-corrected chi connectivity index (χ2v) is 7.11. The maximum atomic E-state index is 12.2. The molecule has 0 heterocycles. The van der Waals surface area contributed by atoms with Gasteiger partial charge in [-0.15, -0.1) is 0 Å². The van der Waals surface area contributed by atoms with E-state index >= 15 is 0 Å². The molecule has 0 bridgehead atoms. The maximum Gasteiger partial charge on any atom is 0.314 e. The smallest absolute Gasteiger partial charge is 0.314 e. The summed E-state index contributed by atoms with van der Waals surface area (Å²) in [5, 5.41) is 0. The molecule has 26 heavy (non-hydrogen) atoms. The first-order valence-electron chi connectivity index (χ1n) is 10.0. The van der Waals surface area contributed by atoms with E-state index < -0.39 is 0 Å².